The Hall–Kier alpha value is -2.25. The lowest BCUT2D eigenvalue weighted by Gasteiger charge is -2.34. The number of carbonyl (C=O) groups is 3. The van der Waals surface area contributed by atoms with Crippen LogP contribution in [-0.2, 0) is 25.5 Å². The number of nitrogens with zero attached hydrogens (tertiary/aromatic N) is 1. The zero-order valence-corrected chi connectivity index (χ0v) is 20.5. The van der Waals surface area contributed by atoms with Gasteiger partial charge in [-0.15, -0.1) is 0 Å². The van der Waals surface area contributed by atoms with Gasteiger partial charge in [-0.25, -0.2) is 5.06 Å². The van der Waals surface area contributed by atoms with Gasteiger partial charge in [0.05, 0.1) is 6.04 Å². The number of amides is 2. The average Bonchev–Trinajstić information content (AvgIpc) is 2.79. The van der Waals surface area contributed by atoms with E-state index in [2.05, 4.69) is 5.32 Å². The third-order valence-electron chi connectivity index (χ3n) is 6.68. The van der Waals surface area contributed by atoms with E-state index in [0.29, 0.717) is 31.1 Å². The Balaban J connectivity index is 2.09. The van der Waals surface area contributed by atoms with Crippen molar-refractivity contribution in [3.63, 3.8) is 0 Å². The minimum Gasteiger partial charge on any atom is -0.381 e. The molecular weight excluding hydrogens is 420 g/mol. The molecule has 7 nitrogen and oxygen atoms in total. The number of nitrogens with one attached hydrogen (secondary N) is 1. The van der Waals surface area contributed by atoms with Gasteiger partial charge in [0.2, 0.25) is 12.3 Å². The zero-order valence-electron chi connectivity index (χ0n) is 20.5. The number of aryl methyl sites for hydroxylation is 1. The smallest absolute Gasteiger partial charge is 0.233 e. The normalized spacial score (nSPS) is 17.6. The molecule has 184 valence electrons. The topological polar surface area (TPSA) is 95.9 Å². The molecule has 7 heteroatoms. The zero-order chi connectivity index (χ0) is 24.4. The first kappa shape index (κ1) is 27.0. The van der Waals surface area contributed by atoms with Gasteiger partial charge in [-0.1, -0.05) is 51.1 Å². The van der Waals surface area contributed by atoms with E-state index < -0.39 is 23.3 Å². The van der Waals surface area contributed by atoms with Crippen molar-refractivity contribution >= 4 is 18.1 Å². The highest BCUT2D eigenvalue weighted by Crippen LogP contribution is 2.32. The minimum absolute atomic E-state index is 0.0646. The van der Waals surface area contributed by atoms with Crippen LogP contribution in [-0.4, -0.2) is 53.7 Å². The van der Waals surface area contributed by atoms with Crippen molar-refractivity contribution in [3.05, 3.63) is 35.9 Å². The second-order valence-corrected chi connectivity index (χ2v) is 10.2. The number of Topliss-reactive ketones (excluding diaryl/α,β-unsaturated/α-hetero) is 1. The lowest BCUT2D eigenvalue weighted by molar-refractivity contribution is -0.166. The second kappa shape index (κ2) is 12.8. The summed E-state index contributed by atoms with van der Waals surface area (Å²) in [6, 6.07) is 9.41. The number of rotatable bonds is 12. The van der Waals surface area contributed by atoms with Crippen LogP contribution in [0.15, 0.2) is 30.3 Å². The maximum Gasteiger partial charge on any atom is 0.233 e. The molecule has 3 atom stereocenters. The molecule has 0 aromatic heterocycles. The molecule has 0 saturated carbocycles. The predicted octanol–water partition coefficient (Wildman–Crippen LogP) is 3.78. The molecule has 2 N–H and O–H groups in total. The van der Waals surface area contributed by atoms with Gasteiger partial charge in [-0.2, -0.15) is 0 Å². The summed E-state index contributed by atoms with van der Waals surface area (Å²) in [6.45, 7) is 8.82. The SMILES string of the molecule is C[C@@H]([C@@H](CCCc1ccccc1)C(=O)C[C@H](C(=O)NC1CCOCC1)C(C)(C)C)N(O)C=O. The first-order valence-corrected chi connectivity index (χ1v) is 12.0. The van der Waals surface area contributed by atoms with Gasteiger partial charge in [0.15, 0.2) is 0 Å². The Bertz CT molecular complexity index is 756. The fraction of sp³-hybridized carbons (Fsp3) is 0.654. The van der Waals surface area contributed by atoms with Crippen LogP contribution in [0.1, 0.15) is 65.4 Å². The van der Waals surface area contributed by atoms with Gasteiger partial charge < -0.3 is 10.1 Å². The summed E-state index contributed by atoms with van der Waals surface area (Å²) in [5, 5.41) is 13.7. The van der Waals surface area contributed by atoms with Crippen LogP contribution in [0.2, 0.25) is 0 Å². The van der Waals surface area contributed by atoms with Crippen LogP contribution < -0.4 is 5.32 Å². The highest BCUT2D eigenvalue weighted by molar-refractivity contribution is 5.89. The van der Waals surface area contributed by atoms with Crippen LogP contribution in [0, 0.1) is 17.3 Å². The molecule has 1 saturated heterocycles. The molecule has 1 heterocycles. The van der Waals surface area contributed by atoms with E-state index in [1.165, 1.54) is 5.56 Å². The van der Waals surface area contributed by atoms with Crippen LogP contribution in [0.4, 0.5) is 0 Å². The summed E-state index contributed by atoms with van der Waals surface area (Å²) >= 11 is 0. The van der Waals surface area contributed by atoms with Crippen molar-refractivity contribution in [1.82, 2.24) is 10.4 Å². The number of ketones is 1. The van der Waals surface area contributed by atoms with E-state index in [4.69, 9.17) is 4.74 Å². The summed E-state index contributed by atoms with van der Waals surface area (Å²) in [4.78, 5) is 37.8. The van der Waals surface area contributed by atoms with Gasteiger partial charge in [0.1, 0.15) is 5.78 Å². The molecule has 1 fully saturated rings. The molecule has 0 bridgehead atoms. The number of hydrogen-bond donors (Lipinski definition) is 2. The highest BCUT2D eigenvalue weighted by Gasteiger charge is 2.37. The molecular formula is C26H40N2O5. The van der Waals surface area contributed by atoms with E-state index in [1.54, 1.807) is 6.92 Å². The Morgan fingerprint density at radius 3 is 2.42 bits per heavy atom. The van der Waals surface area contributed by atoms with Gasteiger partial charge in [0, 0.05) is 37.5 Å². The molecule has 33 heavy (non-hydrogen) atoms. The van der Waals surface area contributed by atoms with Crippen molar-refractivity contribution < 1.29 is 24.3 Å². The first-order chi connectivity index (χ1) is 15.6. The summed E-state index contributed by atoms with van der Waals surface area (Å²) in [5.74, 6) is -1.27. The minimum atomic E-state index is -0.662. The average molecular weight is 461 g/mol. The summed E-state index contributed by atoms with van der Waals surface area (Å²) in [7, 11) is 0. The molecule has 1 aromatic rings. The van der Waals surface area contributed by atoms with Crippen molar-refractivity contribution in [1.29, 1.82) is 0 Å². The van der Waals surface area contributed by atoms with Gasteiger partial charge >= 0.3 is 0 Å². The fourth-order valence-electron chi connectivity index (χ4n) is 4.41. The molecule has 1 aliphatic rings. The third kappa shape index (κ3) is 8.55. The van der Waals surface area contributed by atoms with E-state index >= 15 is 0 Å². The van der Waals surface area contributed by atoms with Gasteiger partial charge in [-0.3, -0.25) is 19.6 Å². The lowest BCUT2D eigenvalue weighted by Crippen LogP contribution is -2.47. The van der Waals surface area contributed by atoms with Crippen LogP contribution in [0.5, 0.6) is 0 Å². The second-order valence-electron chi connectivity index (χ2n) is 10.2. The molecule has 1 aromatic carbocycles. The first-order valence-electron chi connectivity index (χ1n) is 12.0. The number of hydroxylamine groups is 2. The van der Waals surface area contributed by atoms with Crippen LogP contribution in [0.3, 0.4) is 0 Å². The number of benzene rings is 1. The standard InChI is InChI=1S/C26H40N2O5/c1-19(28(32)18-29)22(12-8-11-20-9-6-5-7-10-20)24(30)17-23(26(2,3)4)25(31)27-21-13-15-33-16-14-21/h5-7,9-10,18-19,21-23,32H,8,11-17H2,1-4H3,(H,27,31)/t19-,22+,23+/m0/s1. The molecule has 2 rings (SSSR count). The Labute approximate surface area is 197 Å². The third-order valence-corrected chi connectivity index (χ3v) is 6.68. The van der Waals surface area contributed by atoms with E-state index in [1.807, 2.05) is 51.1 Å². The number of ether oxygens (including phenoxy) is 1. The van der Waals surface area contributed by atoms with Crippen molar-refractivity contribution in [2.75, 3.05) is 13.2 Å². The van der Waals surface area contributed by atoms with Crippen molar-refractivity contribution in [2.24, 2.45) is 17.3 Å². The quantitative estimate of drug-likeness (QED) is 0.281. The number of carbonyl (C=O) groups excluding carboxylic acids is 3. The van der Waals surface area contributed by atoms with E-state index in [-0.39, 0.29) is 24.2 Å². The van der Waals surface area contributed by atoms with E-state index in [0.717, 1.165) is 25.7 Å². The largest absolute Gasteiger partial charge is 0.381 e. The van der Waals surface area contributed by atoms with Crippen LogP contribution in [0.25, 0.3) is 0 Å². The highest BCUT2D eigenvalue weighted by atomic mass is 16.5. The Morgan fingerprint density at radius 2 is 1.85 bits per heavy atom. The molecule has 2 amide bonds. The van der Waals surface area contributed by atoms with Crippen molar-refractivity contribution in [2.45, 2.75) is 78.3 Å². The Morgan fingerprint density at radius 1 is 1.21 bits per heavy atom. The predicted molar refractivity (Wildman–Crippen MR) is 127 cm³/mol. The lowest BCUT2D eigenvalue weighted by atomic mass is 9.74. The molecule has 0 radical (unpaired) electrons. The maximum absolute atomic E-state index is 13.4. The maximum atomic E-state index is 13.4. The molecule has 0 unspecified atom stereocenters. The summed E-state index contributed by atoms with van der Waals surface area (Å²) in [6.07, 6.45) is 4.02. The van der Waals surface area contributed by atoms with Gasteiger partial charge in [-0.05, 0) is 50.0 Å². The molecule has 1 aliphatic heterocycles. The van der Waals surface area contributed by atoms with E-state index in [9.17, 15) is 19.6 Å². The van der Waals surface area contributed by atoms with Crippen molar-refractivity contribution in [3.8, 4) is 0 Å². The summed E-state index contributed by atoms with van der Waals surface area (Å²) in [5.41, 5.74) is 0.766. The van der Waals surface area contributed by atoms with Gasteiger partial charge in [0.25, 0.3) is 0 Å². The monoisotopic (exact) mass is 460 g/mol. The Kier molecular flexibility index (Phi) is 10.5. The number of hydrogen-bond acceptors (Lipinski definition) is 5. The fourth-order valence-corrected chi connectivity index (χ4v) is 4.41. The summed E-state index contributed by atoms with van der Waals surface area (Å²) < 4.78 is 5.37. The molecule has 0 aliphatic carbocycles. The van der Waals surface area contributed by atoms with Crippen LogP contribution >= 0.6 is 0 Å². The molecule has 0 spiro atoms.